The fourth-order valence-corrected chi connectivity index (χ4v) is 13.1. The minimum absolute atomic E-state index is 0.174. The molecule has 0 rings (SSSR count). The summed E-state index contributed by atoms with van der Waals surface area (Å²) < 4.78 is 65.3. The average molecular weight is 1550 g/mol. The summed E-state index contributed by atoms with van der Waals surface area (Å²) in [6.45, 7) is 4.71. The molecule has 4 unspecified atom stereocenters. The molecule has 0 saturated carbocycles. The number of unbranched alkanes of at least 4 members (excludes halogenated alkanes) is 44. The Balaban J connectivity index is 0. The van der Waals surface area contributed by atoms with Crippen molar-refractivity contribution in [1.82, 2.24) is 0 Å². The standard InChI is InChI=1S/2C42H79O10P/c2*1-3-5-7-9-11-13-15-17-19-21-23-25-27-29-31-33-41(45)49-37-40(38-51-53(47,48)50-36-39(44)35-43)52-42(46)34-32-30-28-26-24-22-20-18-16-14-12-10-8-6-4-2/h2*17-20,39-40,43-44H,3-16,21-38H2,1-2H3,(H,47,48)/b2*19-17+,20-18+/t2*39?,40-/m11/s1. The van der Waals surface area contributed by atoms with Crippen molar-refractivity contribution in [1.29, 1.82) is 0 Å². The molecule has 0 aliphatic rings. The predicted octanol–water partition coefficient (Wildman–Crippen LogP) is 22.0. The molecule has 624 valence electrons. The number of carbonyl (C=O) groups excluding carboxylic acids is 4. The lowest BCUT2D eigenvalue weighted by atomic mass is 10.1. The molecular formula is C84H158O20P2. The zero-order valence-electron chi connectivity index (χ0n) is 67.5. The quantitative estimate of drug-likeness (QED) is 0.0108. The molecule has 0 spiro atoms. The van der Waals surface area contributed by atoms with Crippen molar-refractivity contribution in [2.45, 2.75) is 412 Å². The molecule has 0 aliphatic heterocycles. The normalized spacial score (nSPS) is 14.1. The van der Waals surface area contributed by atoms with Gasteiger partial charge in [0.25, 0.3) is 0 Å². The van der Waals surface area contributed by atoms with Gasteiger partial charge in [-0.25, -0.2) is 9.13 Å². The topological polar surface area (TPSA) is 298 Å². The first-order valence-electron chi connectivity index (χ1n) is 42.6. The highest BCUT2D eigenvalue weighted by Crippen LogP contribution is 2.44. The summed E-state index contributed by atoms with van der Waals surface area (Å²) in [6.07, 6.45) is 74.2. The van der Waals surface area contributed by atoms with E-state index in [0.717, 1.165) is 141 Å². The number of aliphatic hydroxyl groups is 4. The Bertz CT molecular complexity index is 2030. The van der Waals surface area contributed by atoms with E-state index >= 15 is 0 Å². The molecule has 20 nitrogen and oxygen atoms in total. The summed E-state index contributed by atoms with van der Waals surface area (Å²) in [5.74, 6) is -1.88. The van der Waals surface area contributed by atoms with Crippen molar-refractivity contribution in [3.63, 3.8) is 0 Å². The molecule has 106 heavy (non-hydrogen) atoms. The van der Waals surface area contributed by atoms with Gasteiger partial charge in [0.15, 0.2) is 12.2 Å². The summed E-state index contributed by atoms with van der Waals surface area (Å²) in [5, 5.41) is 36.6. The van der Waals surface area contributed by atoms with Crippen LogP contribution in [0, 0.1) is 0 Å². The van der Waals surface area contributed by atoms with Crippen molar-refractivity contribution in [2.24, 2.45) is 0 Å². The molecule has 0 aromatic carbocycles. The number of allylic oxidation sites excluding steroid dienone is 8. The number of phosphoric ester groups is 2. The van der Waals surface area contributed by atoms with Crippen LogP contribution in [0.2, 0.25) is 0 Å². The van der Waals surface area contributed by atoms with Gasteiger partial charge in [0.1, 0.15) is 25.4 Å². The van der Waals surface area contributed by atoms with Crippen molar-refractivity contribution in [3.05, 3.63) is 48.6 Å². The molecule has 0 heterocycles. The van der Waals surface area contributed by atoms with E-state index in [0.29, 0.717) is 25.7 Å². The second-order valence-corrected chi connectivity index (χ2v) is 31.6. The van der Waals surface area contributed by atoms with Crippen molar-refractivity contribution < 1.29 is 95.6 Å². The molecule has 0 aromatic rings. The molecule has 0 amide bonds. The summed E-state index contributed by atoms with van der Waals surface area (Å²) in [7, 11) is -9.23. The maximum atomic E-state index is 12.6. The van der Waals surface area contributed by atoms with E-state index in [1.165, 1.54) is 167 Å². The van der Waals surface area contributed by atoms with Gasteiger partial charge < -0.3 is 49.2 Å². The number of hydrogen-bond donors (Lipinski definition) is 6. The molecule has 0 radical (unpaired) electrons. The van der Waals surface area contributed by atoms with E-state index in [-0.39, 0.29) is 38.9 Å². The first-order chi connectivity index (χ1) is 51.5. The Morgan fingerprint density at radius 2 is 0.462 bits per heavy atom. The number of aliphatic hydroxyl groups excluding tert-OH is 4. The van der Waals surface area contributed by atoms with Gasteiger partial charge in [-0.3, -0.25) is 37.3 Å². The average Bonchev–Trinajstić information content (AvgIpc) is 0.929. The number of ether oxygens (including phenoxy) is 4. The van der Waals surface area contributed by atoms with E-state index in [2.05, 4.69) is 85.4 Å². The van der Waals surface area contributed by atoms with E-state index < -0.39 is 104 Å². The molecular weight excluding hydrogens is 1390 g/mol. The van der Waals surface area contributed by atoms with E-state index in [9.17, 15) is 48.3 Å². The number of carbonyl (C=O) groups is 4. The van der Waals surface area contributed by atoms with Crippen molar-refractivity contribution >= 4 is 39.5 Å². The first-order valence-corrected chi connectivity index (χ1v) is 45.6. The SMILES string of the molecule is CCCCCCCC/C=C/CCCCCCCC(=O)OC[C@H](COP(=O)(O)OCC(O)CO)OC(=O)CCCCCCC/C=C/CCCCCCCC.CCCCCCCC/C=C/CCCCCCCC(=O)OC[C@H](COP(=O)(O)OCC(O)CO)OC(=O)CCCCCCC/C=C/CCCCCCCC. The zero-order valence-corrected chi connectivity index (χ0v) is 69.3. The number of esters is 4. The molecule has 0 fully saturated rings. The predicted molar refractivity (Wildman–Crippen MR) is 429 cm³/mol. The Hall–Kier alpha value is -3.10. The number of phosphoric acid groups is 2. The molecule has 0 aromatic heterocycles. The highest BCUT2D eigenvalue weighted by molar-refractivity contribution is 7.47. The Morgan fingerprint density at radius 1 is 0.274 bits per heavy atom. The van der Waals surface area contributed by atoms with Crippen LogP contribution in [0.4, 0.5) is 0 Å². The highest BCUT2D eigenvalue weighted by atomic mass is 31.2. The third-order valence-electron chi connectivity index (χ3n) is 18.2. The van der Waals surface area contributed by atoms with Crippen molar-refractivity contribution in [2.75, 3.05) is 52.9 Å². The van der Waals surface area contributed by atoms with Crippen LogP contribution >= 0.6 is 15.6 Å². The Morgan fingerprint density at radius 3 is 0.679 bits per heavy atom. The molecule has 0 saturated heterocycles. The second kappa shape index (κ2) is 81.4. The molecule has 22 heteroatoms. The maximum absolute atomic E-state index is 12.6. The van der Waals surface area contributed by atoms with Gasteiger partial charge in [-0.1, -0.05) is 282 Å². The van der Waals surface area contributed by atoms with Crippen LogP contribution < -0.4 is 0 Å². The van der Waals surface area contributed by atoms with E-state index in [1.54, 1.807) is 0 Å². The van der Waals surface area contributed by atoms with Crippen LogP contribution in [-0.4, -0.2) is 131 Å². The first kappa shape index (κ1) is 105. The fourth-order valence-electron chi connectivity index (χ4n) is 11.5. The highest BCUT2D eigenvalue weighted by Gasteiger charge is 2.29. The van der Waals surface area contributed by atoms with E-state index in [4.69, 9.17) is 38.2 Å². The summed E-state index contributed by atoms with van der Waals surface area (Å²) in [5.41, 5.74) is 0. The Kier molecular flexibility index (Phi) is 80.6. The lowest BCUT2D eigenvalue weighted by molar-refractivity contribution is -0.161. The monoisotopic (exact) mass is 1550 g/mol. The van der Waals surface area contributed by atoms with Gasteiger partial charge in [0, 0.05) is 25.7 Å². The molecule has 0 aliphatic carbocycles. The third-order valence-corrected chi connectivity index (χ3v) is 20.1. The van der Waals surface area contributed by atoms with Gasteiger partial charge in [0.05, 0.1) is 39.6 Å². The fraction of sp³-hybridized carbons (Fsp3) is 0.857. The largest absolute Gasteiger partial charge is 0.472 e. The zero-order chi connectivity index (χ0) is 78.2. The summed E-state index contributed by atoms with van der Waals surface area (Å²) in [4.78, 5) is 69.9. The minimum atomic E-state index is -4.62. The lowest BCUT2D eigenvalue weighted by Gasteiger charge is -2.20. The van der Waals surface area contributed by atoms with E-state index in [1.807, 2.05) is 0 Å². The molecule has 6 N–H and O–H groups in total. The summed E-state index contributed by atoms with van der Waals surface area (Å²) >= 11 is 0. The van der Waals surface area contributed by atoms with Gasteiger partial charge in [-0.2, -0.15) is 0 Å². The third kappa shape index (κ3) is 81.9. The van der Waals surface area contributed by atoms with Crippen LogP contribution in [0.15, 0.2) is 48.6 Å². The van der Waals surface area contributed by atoms with Crippen LogP contribution in [-0.2, 0) is 65.4 Å². The molecule has 0 bridgehead atoms. The molecule has 6 atom stereocenters. The van der Waals surface area contributed by atoms with Gasteiger partial charge in [-0.05, 0) is 128 Å². The number of hydrogen-bond acceptors (Lipinski definition) is 18. The van der Waals surface area contributed by atoms with Crippen LogP contribution in [0.3, 0.4) is 0 Å². The minimum Gasteiger partial charge on any atom is -0.462 e. The van der Waals surface area contributed by atoms with Gasteiger partial charge in [0.2, 0.25) is 0 Å². The smallest absolute Gasteiger partial charge is 0.462 e. The van der Waals surface area contributed by atoms with Crippen LogP contribution in [0.1, 0.15) is 387 Å². The maximum Gasteiger partial charge on any atom is 0.472 e. The summed E-state index contributed by atoms with van der Waals surface area (Å²) in [6, 6.07) is 0. The number of rotatable bonds is 80. The van der Waals surface area contributed by atoms with Crippen molar-refractivity contribution in [3.8, 4) is 0 Å². The lowest BCUT2D eigenvalue weighted by Crippen LogP contribution is -2.29. The Labute approximate surface area is 645 Å². The van der Waals surface area contributed by atoms with Crippen LogP contribution in [0.5, 0.6) is 0 Å². The van der Waals surface area contributed by atoms with Gasteiger partial charge in [-0.15, -0.1) is 0 Å². The van der Waals surface area contributed by atoms with Crippen LogP contribution in [0.25, 0.3) is 0 Å². The van der Waals surface area contributed by atoms with Gasteiger partial charge >= 0.3 is 39.5 Å². The second-order valence-electron chi connectivity index (χ2n) is 28.7.